The first kappa shape index (κ1) is 17.0. The number of benzene rings is 1. The van der Waals surface area contributed by atoms with E-state index in [1.807, 2.05) is 13.8 Å². The van der Waals surface area contributed by atoms with E-state index in [9.17, 15) is 9.59 Å². The van der Waals surface area contributed by atoms with Crippen molar-refractivity contribution in [3.05, 3.63) is 52.4 Å². The Morgan fingerprint density at radius 3 is 2.43 bits per heavy atom. The van der Waals surface area contributed by atoms with E-state index < -0.39 is 0 Å². The molecule has 2 N–H and O–H groups in total. The van der Waals surface area contributed by atoms with Crippen LogP contribution in [0, 0.1) is 0 Å². The third-order valence-electron chi connectivity index (χ3n) is 3.14. The Hall–Kier alpha value is -2.34. The fourth-order valence-electron chi connectivity index (χ4n) is 1.85. The molecule has 0 atom stereocenters. The Labute approximate surface area is 139 Å². The van der Waals surface area contributed by atoms with Gasteiger partial charge in [-0.3, -0.25) is 9.59 Å². The van der Waals surface area contributed by atoms with Crippen LogP contribution >= 0.6 is 11.6 Å². The van der Waals surface area contributed by atoms with E-state index in [1.165, 1.54) is 0 Å². The van der Waals surface area contributed by atoms with Crippen molar-refractivity contribution >= 4 is 23.4 Å². The molecule has 2 aromatic rings. The number of amides is 2. The molecule has 122 valence electrons. The van der Waals surface area contributed by atoms with Gasteiger partial charge < -0.3 is 15.2 Å². The first-order valence-corrected chi connectivity index (χ1v) is 7.64. The van der Waals surface area contributed by atoms with Gasteiger partial charge in [0.25, 0.3) is 11.8 Å². The second-order valence-electron chi connectivity index (χ2n) is 5.26. The second-order valence-corrected chi connectivity index (χ2v) is 5.67. The first-order valence-electron chi connectivity index (χ1n) is 7.26. The lowest BCUT2D eigenvalue weighted by Crippen LogP contribution is -2.34. The van der Waals surface area contributed by atoms with Gasteiger partial charge in [-0.2, -0.15) is 0 Å². The molecule has 0 spiro atoms. The Kier molecular flexibility index (Phi) is 5.76. The minimum Gasteiger partial charge on any atom is -0.360 e. The maximum absolute atomic E-state index is 11.9. The molecule has 6 nitrogen and oxygen atoms in total. The molecular formula is C16H18ClN3O3. The molecule has 0 aliphatic heterocycles. The summed E-state index contributed by atoms with van der Waals surface area (Å²) in [4.78, 5) is 23.8. The van der Waals surface area contributed by atoms with Crippen LogP contribution in [0.2, 0.25) is 5.02 Å². The van der Waals surface area contributed by atoms with Crippen molar-refractivity contribution in [1.29, 1.82) is 0 Å². The van der Waals surface area contributed by atoms with Gasteiger partial charge in [-0.25, -0.2) is 0 Å². The average Bonchev–Trinajstić information content (AvgIpc) is 3.02. The van der Waals surface area contributed by atoms with Crippen LogP contribution in [-0.4, -0.2) is 30.1 Å². The topological polar surface area (TPSA) is 84.2 Å². The van der Waals surface area contributed by atoms with Crippen LogP contribution in [0.4, 0.5) is 0 Å². The summed E-state index contributed by atoms with van der Waals surface area (Å²) in [7, 11) is 0. The van der Waals surface area contributed by atoms with Gasteiger partial charge in [-0.1, -0.05) is 42.7 Å². The lowest BCUT2D eigenvalue weighted by atomic mass is 10.1. The number of rotatable bonds is 6. The number of halogens is 1. The summed E-state index contributed by atoms with van der Waals surface area (Å²) in [5, 5.41) is 9.46. The molecule has 2 amide bonds. The fraction of sp³-hybridized carbons (Fsp3) is 0.312. The first-order chi connectivity index (χ1) is 11.0. The Bertz CT molecular complexity index is 697. The van der Waals surface area contributed by atoms with E-state index >= 15 is 0 Å². The Morgan fingerprint density at radius 1 is 1.17 bits per heavy atom. The van der Waals surface area contributed by atoms with Gasteiger partial charge in [0.1, 0.15) is 5.76 Å². The summed E-state index contributed by atoms with van der Waals surface area (Å²) >= 11 is 5.94. The summed E-state index contributed by atoms with van der Waals surface area (Å²) in [6.07, 6.45) is 0. The molecule has 0 fully saturated rings. The van der Waals surface area contributed by atoms with Crippen molar-refractivity contribution in [1.82, 2.24) is 15.8 Å². The number of hydrogen-bond donors (Lipinski definition) is 2. The minimum absolute atomic E-state index is 0.166. The zero-order valence-corrected chi connectivity index (χ0v) is 13.7. The van der Waals surface area contributed by atoms with Crippen molar-refractivity contribution in [3.63, 3.8) is 0 Å². The van der Waals surface area contributed by atoms with E-state index in [1.54, 1.807) is 30.3 Å². The van der Waals surface area contributed by atoms with E-state index in [0.29, 0.717) is 16.3 Å². The molecular weight excluding hydrogens is 318 g/mol. The van der Waals surface area contributed by atoms with Gasteiger partial charge in [-0.15, -0.1) is 0 Å². The Morgan fingerprint density at radius 2 is 1.83 bits per heavy atom. The van der Waals surface area contributed by atoms with Crippen molar-refractivity contribution in [2.75, 3.05) is 13.1 Å². The zero-order valence-electron chi connectivity index (χ0n) is 12.9. The minimum atomic E-state index is -0.340. The van der Waals surface area contributed by atoms with E-state index in [2.05, 4.69) is 15.8 Å². The predicted octanol–water partition coefficient (Wildman–Crippen LogP) is 2.61. The number of nitrogens with one attached hydrogen (secondary N) is 2. The molecule has 0 saturated carbocycles. The molecule has 1 heterocycles. The maximum Gasteiger partial charge on any atom is 0.273 e. The number of carbonyl (C=O) groups is 2. The van der Waals surface area contributed by atoms with E-state index in [4.69, 9.17) is 16.1 Å². The largest absolute Gasteiger partial charge is 0.360 e. The number of hydrogen-bond acceptors (Lipinski definition) is 4. The van der Waals surface area contributed by atoms with Crippen LogP contribution in [0.25, 0.3) is 0 Å². The monoisotopic (exact) mass is 335 g/mol. The highest BCUT2D eigenvalue weighted by Gasteiger charge is 2.14. The van der Waals surface area contributed by atoms with Gasteiger partial charge >= 0.3 is 0 Å². The van der Waals surface area contributed by atoms with Crippen molar-refractivity contribution < 1.29 is 14.1 Å². The molecule has 0 radical (unpaired) electrons. The van der Waals surface area contributed by atoms with E-state index in [0.717, 1.165) is 0 Å². The molecule has 1 aromatic heterocycles. The summed E-state index contributed by atoms with van der Waals surface area (Å²) in [6.45, 7) is 4.46. The number of aromatic nitrogens is 1. The third kappa shape index (κ3) is 4.56. The number of nitrogens with zero attached hydrogens (tertiary/aromatic N) is 1. The predicted molar refractivity (Wildman–Crippen MR) is 86.7 cm³/mol. The fourth-order valence-corrected chi connectivity index (χ4v) is 2.07. The molecule has 0 aliphatic rings. The average molecular weight is 336 g/mol. The van der Waals surface area contributed by atoms with Crippen LogP contribution < -0.4 is 10.6 Å². The molecule has 0 bridgehead atoms. The summed E-state index contributed by atoms with van der Waals surface area (Å²) in [5.41, 5.74) is 0.629. The smallest absolute Gasteiger partial charge is 0.273 e. The second kappa shape index (κ2) is 7.78. The molecule has 23 heavy (non-hydrogen) atoms. The molecule has 2 rings (SSSR count). The maximum atomic E-state index is 11.9. The standard InChI is InChI=1S/C16H18ClN3O3/c1-10(2)14-9-13(20-23-14)16(22)19-8-7-18-15(21)11-5-3-4-6-12(11)17/h3-6,9-10H,7-8H2,1-2H3,(H,18,21)(H,19,22). The summed E-state index contributed by atoms with van der Waals surface area (Å²) < 4.78 is 5.07. The zero-order chi connectivity index (χ0) is 16.8. The van der Waals surface area contributed by atoms with Crippen molar-refractivity contribution in [2.24, 2.45) is 0 Å². The molecule has 0 unspecified atom stereocenters. The highest BCUT2D eigenvalue weighted by Crippen LogP contribution is 2.15. The van der Waals surface area contributed by atoms with Crippen LogP contribution in [0.1, 0.15) is 46.4 Å². The van der Waals surface area contributed by atoms with Gasteiger partial charge in [0.15, 0.2) is 5.69 Å². The highest BCUT2D eigenvalue weighted by molar-refractivity contribution is 6.33. The number of carbonyl (C=O) groups excluding carboxylic acids is 2. The van der Waals surface area contributed by atoms with Gasteiger partial charge in [0.2, 0.25) is 0 Å². The molecule has 7 heteroatoms. The van der Waals surface area contributed by atoms with Crippen molar-refractivity contribution in [2.45, 2.75) is 19.8 Å². The van der Waals surface area contributed by atoms with Crippen LogP contribution in [0.15, 0.2) is 34.9 Å². The van der Waals surface area contributed by atoms with Crippen LogP contribution in [-0.2, 0) is 0 Å². The van der Waals surface area contributed by atoms with Gasteiger partial charge in [0.05, 0.1) is 10.6 Å². The summed E-state index contributed by atoms with van der Waals surface area (Å²) in [6, 6.07) is 8.39. The SMILES string of the molecule is CC(C)c1cc(C(=O)NCCNC(=O)c2ccccc2Cl)no1. The quantitative estimate of drug-likeness (QED) is 0.795. The van der Waals surface area contributed by atoms with Crippen molar-refractivity contribution in [3.8, 4) is 0 Å². The molecule has 1 aromatic carbocycles. The molecule has 0 aliphatic carbocycles. The molecule has 0 saturated heterocycles. The van der Waals surface area contributed by atoms with Crippen LogP contribution in [0.3, 0.4) is 0 Å². The lowest BCUT2D eigenvalue weighted by Gasteiger charge is -2.07. The highest BCUT2D eigenvalue weighted by atomic mass is 35.5. The lowest BCUT2D eigenvalue weighted by molar-refractivity contribution is 0.0922. The summed E-state index contributed by atoms with van der Waals surface area (Å²) in [5.74, 6) is 0.196. The third-order valence-corrected chi connectivity index (χ3v) is 3.47. The van der Waals surface area contributed by atoms with Gasteiger partial charge in [0, 0.05) is 25.1 Å². The Balaban J connectivity index is 1.77. The van der Waals surface area contributed by atoms with Gasteiger partial charge in [-0.05, 0) is 12.1 Å². The van der Waals surface area contributed by atoms with Crippen LogP contribution in [0.5, 0.6) is 0 Å². The normalized spacial score (nSPS) is 10.6. The van der Waals surface area contributed by atoms with E-state index in [-0.39, 0.29) is 36.5 Å².